The quantitative estimate of drug-likeness (QED) is 0.604. The van der Waals surface area contributed by atoms with Crippen LogP contribution in [0.5, 0.6) is 0 Å². The van der Waals surface area contributed by atoms with Crippen molar-refractivity contribution in [2.45, 2.75) is 32.7 Å². The Balaban J connectivity index is 1.98. The third-order valence-electron chi connectivity index (χ3n) is 4.23. The van der Waals surface area contributed by atoms with Crippen molar-refractivity contribution in [1.29, 1.82) is 0 Å². The Kier molecular flexibility index (Phi) is 3.57. The molecule has 16 heavy (non-hydrogen) atoms. The lowest BCUT2D eigenvalue weighted by Gasteiger charge is -2.37. The highest BCUT2D eigenvalue weighted by molar-refractivity contribution is 8.86. The first-order valence-corrected chi connectivity index (χ1v) is 9.73. The van der Waals surface area contributed by atoms with E-state index in [1.165, 1.54) is 39.0 Å². The largest absolute Gasteiger partial charge is 0.300 e. The maximum absolute atomic E-state index is 4.78. The van der Waals surface area contributed by atoms with E-state index >= 15 is 0 Å². The van der Waals surface area contributed by atoms with E-state index in [0.717, 1.165) is 0 Å². The lowest BCUT2D eigenvalue weighted by Crippen LogP contribution is -2.33. The molecule has 0 aliphatic carbocycles. The number of thiol groups is 1. The van der Waals surface area contributed by atoms with E-state index in [4.69, 9.17) is 11.7 Å². The highest BCUT2D eigenvalue weighted by Crippen LogP contribution is 2.55. The van der Waals surface area contributed by atoms with Gasteiger partial charge in [0.2, 0.25) is 0 Å². The molecule has 0 aromatic carbocycles. The third-order valence-corrected chi connectivity index (χ3v) is 6.50. The molecule has 0 aromatic rings. The van der Waals surface area contributed by atoms with Gasteiger partial charge in [-0.2, -0.15) is 0 Å². The van der Waals surface area contributed by atoms with Crippen LogP contribution >= 0.6 is 20.9 Å². The summed E-state index contributed by atoms with van der Waals surface area (Å²) in [4.78, 5) is 2.64. The lowest BCUT2D eigenvalue weighted by molar-refractivity contribution is 0.229. The van der Waals surface area contributed by atoms with Gasteiger partial charge in [-0.1, -0.05) is 0 Å². The average molecular weight is 262 g/mol. The first kappa shape index (κ1) is 13.1. The van der Waals surface area contributed by atoms with Crippen LogP contribution in [0.3, 0.4) is 0 Å². The molecule has 2 aliphatic heterocycles. The minimum atomic E-state index is -0.794. The molecule has 2 nitrogen and oxygen atoms in total. The average Bonchev–Trinajstić information content (AvgIpc) is 2.73. The molecule has 4 heteroatoms. The second-order valence-electron chi connectivity index (χ2n) is 6.15. The predicted octanol–water partition coefficient (Wildman–Crippen LogP) is 2.62. The molecule has 2 heterocycles. The fraction of sp³-hybridized carbons (Fsp3) is 1.00. The van der Waals surface area contributed by atoms with Crippen molar-refractivity contribution in [2.24, 2.45) is 5.41 Å². The van der Waals surface area contributed by atoms with Gasteiger partial charge in [-0.25, -0.2) is 0 Å². The number of nitrogens with zero attached hydrogens (tertiary/aromatic N) is 2. The second-order valence-corrected chi connectivity index (χ2v) is 11.8. The summed E-state index contributed by atoms with van der Waals surface area (Å²) in [6.07, 6.45) is 7.37. The van der Waals surface area contributed by atoms with Crippen molar-refractivity contribution in [3.63, 3.8) is 0 Å². The summed E-state index contributed by atoms with van der Waals surface area (Å²) in [7, 11) is -0.794. The van der Waals surface area contributed by atoms with Crippen molar-refractivity contribution >= 4 is 20.9 Å². The first-order valence-electron chi connectivity index (χ1n) is 6.27. The highest BCUT2D eigenvalue weighted by Gasteiger charge is 2.45. The molecule has 1 unspecified atom stereocenters. The Morgan fingerprint density at radius 3 is 2.19 bits per heavy atom. The van der Waals surface area contributed by atoms with Gasteiger partial charge in [0.15, 0.2) is 0 Å². The van der Waals surface area contributed by atoms with Gasteiger partial charge in [0.05, 0.1) is 0 Å². The molecule has 96 valence electrons. The summed E-state index contributed by atoms with van der Waals surface area (Å²) in [6, 6.07) is 0.713. The van der Waals surface area contributed by atoms with E-state index in [1.807, 2.05) is 0 Å². The highest BCUT2D eigenvalue weighted by atomic mass is 33.1. The molecule has 0 amide bonds. The maximum Gasteiger partial charge on any atom is 0.0151 e. The van der Waals surface area contributed by atoms with Crippen molar-refractivity contribution in [3.05, 3.63) is 0 Å². The fourth-order valence-electron chi connectivity index (χ4n) is 3.02. The molecule has 0 aromatic heterocycles. The standard InChI is InChI=1S/C12H26N2S2/c1-11(2)13-7-5-12(9-13)6-8-14(10-12)16(3,4)15/h11,15H,5-10H2,1-4H3. The number of rotatable bonds is 2. The van der Waals surface area contributed by atoms with Crippen LogP contribution in [-0.4, -0.2) is 53.9 Å². The van der Waals surface area contributed by atoms with Gasteiger partial charge in [0.1, 0.15) is 0 Å². The Morgan fingerprint density at radius 1 is 1.12 bits per heavy atom. The summed E-state index contributed by atoms with van der Waals surface area (Å²) in [5.41, 5.74) is 0.595. The molecule has 0 radical (unpaired) electrons. The van der Waals surface area contributed by atoms with Crippen molar-refractivity contribution in [2.75, 3.05) is 38.7 Å². The van der Waals surface area contributed by atoms with E-state index in [1.54, 1.807) is 0 Å². The first-order chi connectivity index (χ1) is 7.32. The zero-order chi connectivity index (χ0) is 12.0. The molecule has 2 saturated heterocycles. The molecular weight excluding hydrogens is 236 g/mol. The Hall–Kier alpha value is 0.620. The van der Waals surface area contributed by atoms with Gasteiger partial charge in [0, 0.05) is 25.7 Å². The van der Waals surface area contributed by atoms with Gasteiger partial charge in [0.25, 0.3) is 0 Å². The summed E-state index contributed by atoms with van der Waals surface area (Å²) in [5, 5.41) is 0. The second kappa shape index (κ2) is 4.38. The summed E-state index contributed by atoms with van der Waals surface area (Å²) >= 11 is 4.78. The fourth-order valence-corrected chi connectivity index (χ4v) is 4.57. The van der Waals surface area contributed by atoms with Crippen LogP contribution in [0.15, 0.2) is 0 Å². The Labute approximate surface area is 107 Å². The van der Waals surface area contributed by atoms with Crippen molar-refractivity contribution in [3.8, 4) is 0 Å². The Morgan fingerprint density at radius 2 is 1.75 bits per heavy atom. The van der Waals surface area contributed by atoms with Crippen LogP contribution in [0, 0.1) is 5.41 Å². The summed E-state index contributed by atoms with van der Waals surface area (Å²) in [5.74, 6) is 0. The van der Waals surface area contributed by atoms with E-state index in [0.29, 0.717) is 11.5 Å². The predicted molar refractivity (Wildman–Crippen MR) is 78.4 cm³/mol. The lowest BCUT2D eigenvalue weighted by atomic mass is 9.86. The zero-order valence-corrected chi connectivity index (χ0v) is 12.8. The van der Waals surface area contributed by atoms with Crippen molar-refractivity contribution in [1.82, 2.24) is 9.21 Å². The van der Waals surface area contributed by atoms with E-state index < -0.39 is 9.25 Å². The smallest absolute Gasteiger partial charge is 0.0151 e. The zero-order valence-electron chi connectivity index (χ0n) is 11.1. The molecule has 1 spiro atoms. The molecule has 0 N–H and O–H groups in total. The van der Waals surface area contributed by atoms with E-state index in [-0.39, 0.29) is 0 Å². The van der Waals surface area contributed by atoms with Gasteiger partial charge in [-0.15, -0.1) is 20.9 Å². The van der Waals surface area contributed by atoms with E-state index in [2.05, 4.69) is 35.6 Å². The third kappa shape index (κ3) is 2.55. The van der Waals surface area contributed by atoms with Crippen LogP contribution in [0.4, 0.5) is 0 Å². The van der Waals surface area contributed by atoms with Crippen LogP contribution in [-0.2, 0) is 0 Å². The van der Waals surface area contributed by atoms with Gasteiger partial charge in [-0.3, -0.25) is 4.31 Å². The topological polar surface area (TPSA) is 6.48 Å². The van der Waals surface area contributed by atoms with Crippen LogP contribution in [0.1, 0.15) is 26.7 Å². The number of hydrogen-bond donors (Lipinski definition) is 1. The molecule has 2 rings (SSSR count). The SMILES string of the molecule is CC(C)N1CCC2(CCN(S(C)(C)S)C2)C1. The Bertz CT molecular complexity index is 262. The minimum absolute atomic E-state index is 0.595. The van der Waals surface area contributed by atoms with Gasteiger partial charge < -0.3 is 4.90 Å². The van der Waals surface area contributed by atoms with Crippen LogP contribution < -0.4 is 0 Å². The molecule has 0 bridgehead atoms. The molecular formula is C12H26N2S2. The van der Waals surface area contributed by atoms with Gasteiger partial charge >= 0.3 is 0 Å². The summed E-state index contributed by atoms with van der Waals surface area (Å²) < 4.78 is 2.62. The molecule has 2 fully saturated rings. The normalized spacial score (nSPS) is 34.4. The number of likely N-dealkylation sites (tertiary alicyclic amines) is 1. The van der Waals surface area contributed by atoms with Crippen LogP contribution in [0.2, 0.25) is 0 Å². The monoisotopic (exact) mass is 262 g/mol. The summed E-state index contributed by atoms with van der Waals surface area (Å²) in [6.45, 7) is 9.79. The molecule has 0 saturated carbocycles. The minimum Gasteiger partial charge on any atom is -0.300 e. The van der Waals surface area contributed by atoms with Crippen molar-refractivity contribution < 1.29 is 0 Å². The van der Waals surface area contributed by atoms with Gasteiger partial charge in [-0.05, 0) is 51.2 Å². The molecule has 2 aliphatic rings. The molecule has 1 atom stereocenters. The van der Waals surface area contributed by atoms with E-state index in [9.17, 15) is 0 Å². The van der Waals surface area contributed by atoms with Crippen LogP contribution in [0.25, 0.3) is 0 Å². The number of hydrogen-bond acceptors (Lipinski definition) is 3. The maximum atomic E-state index is 4.78.